The number of aromatic nitrogens is 4. The molecule has 2 aromatic carbocycles. The first kappa shape index (κ1) is 35.3. The topological polar surface area (TPSA) is 91.0 Å². The Balaban J connectivity index is 1.15. The SMILES string of the molecule is S=c1c2nc3ccccc3n1CCOCCOCCOCCSc1nc3ccccc3n(c1=S)CCOCCOCCOCCS2. The molecule has 4 bridgehead atoms. The van der Waals surface area contributed by atoms with E-state index in [-0.39, 0.29) is 0 Å². The zero-order valence-corrected chi connectivity index (χ0v) is 29.1. The Morgan fingerprint density at radius 2 is 0.826 bits per heavy atom. The Bertz CT molecular complexity index is 1530. The van der Waals surface area contributed by atoms with E-state index in [0.29, 0.717) is 102 Å². The van der Waals surface area contributed by atoms with Gasteiger partial charge in [0.05, 0.1) is 101 Å². The van der Waals surface area contributed by atoms with Crippen LogP contribution in [0.3, 0.4) is 0 Å². The zero-order valence-electron chi connectivity index (χ0n) is 25.8. The van der Waals surface area contributed by atoms with Crippen LogP contribution in [-0.4, -0.2) is 110 Å². The third-order valence-electron chi connectivity index (χ3n) is 6.98. The number of rotatable bonds is 0. The molecule has 248 valence electrons. The molecule has 0 aliphatic carbocycles. The molecule has 10 nitrogen and oxygen atoms in total. The summed E-state index contributed by atoms with van der Waals surface area (Å²) < 4.78 is 40.4. The lowest BCUT2D eigenvalue weighted by Crippen LogP contribution is -2.15. The van der Waals surface area contributed by atoms with Crippen LogP contribution in [0.4, 0.5) is 0 Å². The zero-order chi connectivity index (χ0) is 31.8. The Kier molecular flexibility index (Phi) is 15.2. The van der Waals surface area contributed by atoms with Crippen molar-refractivity contribution in [3.63, 3.8) is 0 Å². The fourth-order valence-electron chi connectivity index (χ4n) is 4.76. The predicted octanol–water partition coefficient (Wildman–Crippen LogP) is 5.84. The summed E-state index contributed by atoms with van der Waals surface area (Å²) in [6.45, 7) is 7.46. The average Bonchev–Trinajstić information content (AvgIpc) is 3.07. The summed E-state index contributed by atoms with van der Waals surface area (Å²) in [6.07, 6.45) is 0. The van der Waals surface area contributed by atoms with Crippen LogP contribution in [0.25, 0.3) is 22.1 Å². The number of thioether (sulfide) groups is 2. The van der Waals surface area contributed by atoms with Gasteiger partial charge in [0.25, 0.3) is 0 Å². The third-order valence-corrected chi connectivity index (χ3v) is 9.93. The van der Waals surface area contributed by atoms with E-state index in [1.54, 1.807) is 23.5 Å². The van der Waals surface area contributed by atoms with Gasteiger partial charge in [0.2, 0.25) is 0 Å². The molecule has 46 heavy (non-hydrogen) atoms. The molecule has 0 unspecified atom stereocenters. The highest BCUT2D eigenvalue weighted by Gasteiger charge is 2.11. The largest absolute Gasteiger partial charge is 0.378 e. The monoisotopic (exact) mass is 704 g/mol. The van der Waals surface area contributed by atoms with Crippen LogP contribution in [-0.2, 0) is 41.5 Å². The molecule has 1 aliphatic heterocycles. The minimum Gasteiger partial charge on any atom is -0.378 e. The van der Waals surface area contributed by atoms with Gasteiger partial charge in [-0.2, -0.15) is 0 Å². The minimum atomic E-state index is 0.495. The summed E-state index contributed by atoms with van der Waals surface area (Å²) in [5, 5.41) is 1.65. The van der Waals surface area contributed by atoms with Crippen LogP contribution in [0.15, 0.2) is 58.6 Å². The van der Waals surface area contributed by atoms with Gasteiger partial charge in [-0.25, -0.2) is 9.97 Å². The lowest BCUT2D eigenvalue weighted by molar-refractivity contribution is 0.0159. The molecular formula is C32H40N4O6S4. The maximum atomic E-state index is 5.87. The van der Waals surface area contributed by atoms with Crippen molar-refractivity contribution in [2.45, 2.75) is 23.1 Å². The van der Waals surface area contributed by atoms with Crippen molar-refractivity contribution < 1.29 is 28.4 Å². The van der Waals surface area contributed by atoms with Gasteiger partial charge in [-0.1, -0.05) is 48.7 Å². The molecule has 0 N–H and O–H groups in total. The minimum absolute atomic E-state index is 0.495. The summed E-state index contributed by atoms with van der Waals surface area (Å²) in [4.78, 5) is 9.64. The molecule has 0 spiro atoms. The summed E-state index contributed by atoms with van der Waals surface area (Å²) in [7, 11) is 0. The van der Waals surface area contributed by atoms with Crippen LogP contribution >= 0.6 is 48.0 Å². The van der Waals surface area contributed by atoms with Gasteiger partial charge < -0.3 is 37.6 Å². The van der Waals surface area contributed by atoms with Gasteiger partial charge in [0, 0.05) is 24.6 Å². The number of fused-ring (bicyclic) bond motifs is 8. The van der Waals surface area contributed by atoms with Crippen LogP contribution < -0.4 is 0 Å². The molecule has 14 heteroatoms. The van der Waals surface area contributed by atoms with E-state index in [9.17, 15) is 0 Å². The second kappa shape index (κ2) is 19.7. The molecule has 0 saturated heterocycles. The second-order valence-corrected chi connectivity index (χ2v) is 13.0. The molecule has 5 rings (SSSR count). The van der Waals surface area contributed by atoms with Gasteiger partial charge in [-0.15, -0.1) is 23.5 Å². The Morgan fingerprint density at radius 1 is 0.478 bits per heavy atom. The van der Waals surface area contributed by atoms with E-state index in [1.165, 1.54) is 0 Å². The lowest BCUT2D eigenvalue weighted by atomic mass is 10.3. The van der Waals surface area contributed by atoms with Gasteiger partial charge in [-0.3, -0.25) is 0 Å². The van der Waals surface area contributed by atoms with Crippen LogP contribution in [0.5, 0.6) is 0 Å². The molecule has 0 amide bonds. The fourth-order valence-corrected chi connectivity index (χ4v) is 7.17. The average molecular weight is 705 g/mol. The van der Waals surface area contributed by atoms with Gasteiger partial charge >= 0.3 is 0 Å². The van der Waals surface area contributed by atoms with Crippen molar-refractivity contribution in [2.75, 3.05) is 90.8 Å². The van der Waals surface area contributed by atoms with E-state index < -0.39 is 0 Å². The first-order valence-corrected chi connectivity index (χ1v) is 18.2. The highest BCUT2D eigenvalue weighted by Crippen LogP contribution is 2.24. The van der Waals surface area contributed by atoms with Crippen LogP contribution in [0.2, 0.25) is 0 Å². The molecule has 0 fully saturated rings. The lowest BCUT2D eigenvalue weighted by Gasteiger charge is -2.15. The van der Waals surface area contributed by atoms with Gasteiger partial charge in [0.1, 0.15) is 19.3 Å². The standard InChI is InChI=1S/C32H40N4O6S4/c43-31-29-33-25-5-1-3-7-27(25)35(31)9-11-37-13-15-39-18-20-42-22-24-46-30-32(44)36(28-8-4-2-6-26(28)34-30)10-12-38-14-16-40-17-19-41-21-23-45-29/h1-8H,9-24H2. The predicted molar refractivity (Wildman–Crippen MR) is 187 cm³/mol. The smallest absolute Gasteiger partial charge is 0.139 e. The van der Waals surface area contributed by atoms with E-state index in [2.05, 4.69) is 9.13 Å². The summed E-state index contributed by atoms with van der Waals surface area (Å²) in [5.41, 5.74) is 3.80. The normalized spacial score (nSPS) is 18.3. The quantitative estimate of drug-likeness (QED) is 0.206. The van der Waals surface area contributed by atoms with Crippen molar-refractivity contribution in [1.29, 1.82) is 0 Å². The van der Waals surface area contributed by atoms with Crippen molar-refractivity contribution in [2.24, 2.45) is 0 Å². The highest BCUT2D eigenvalue weighted by atomic mass is 32.2. The number of benzene rings is 2. The maximum Gasteiger partial charge on any atom is 0.139 e. The van der Waals surface area contributed by atoms with E-state index in [0.717, 1.165) is 43.6 Å². The molecule has 0 atom stereocenters. The van der Waals surface area contributed by atoms with Crippen molar-refractivity contribution >= 4 is 70.0 Å². The first-order valence-electron chi connectivity index (χ1n) is 15.4. The van der Waals surface area contributed by atoms with Crippen molar-refractivity contribution in [3.8, 4) is 0 Å². The second-order valence-electron chi connectivity index (χ2n) is 10.1. The summed E-state index contributed by atoms with van der Waals surface area (Å²) in [5.74, 6) is 1.48. The molecule has 3 heterocycles. The number of nitrogens with zero attached hydrogens (tertiary/aromatic N) is 4. The fraction of sp³-hybridized carbons (Fsp3) is 0.500. The maximum absolute atomic E-state index is 5.87. The Hall–Kier alpha value is -1.98. The Morgan fingerprint density at radius 3 is 1.24 bits per heavy atom. The summed E-state index contributed by atoms with van der Waals surface area (Å²) in [6, 6.07) is 16.1. The number of hydrogen-bond donors (Lipinski definition) is 0. The molecule has 2 aromatic heterocycles. The number of hydrogen-bond acceptors (Lipinski definition) is 12. The number of ether oxygens (including phenoxy) is 6. The van der Waals surface area contributed by atoms with Crippen LogP contribution in [0.1, 0.15) is 0 Å². The molecular weight excluding hydrogens is 665 g/mol. The number of para-hydroxylation sites is 4. The summed E-state index contributed by atoms with van der Waals surface area (Å²) >= 11 is 14.9. The molecule has 1 aliphatic rings. The third kappa shape index (κ3) is 10.5. The van der Waals surface area contributed by atoms with E-state index in [4.69, 9.17) is 62.8 Å². The molecule has 0 radical (unpaired) electrons. The molecule has 4 aromatic rings. The van der Waals surface area contributed by atoms with E-state index >= 15 is 0 Å². The van der Waals surface area contributed by atoms with Gasteiger partial charge in [0.15, 0.2) is 0 Å². The van der Waals surface area contributed by atoms with Crippen LogP contribution in [0, 0.1) is 9.28 Å². The highest BCUT2D eigenvalue weighted by molar-refractivity contribution is 7.99. The first-order chi connectivity index (χ1) is 22.7. The van der Waals surface area contributed by atoms with Gasteiger partial charge in [-0.05, 0) is 24.3 Å². The van der Waals surface area contributed by atoms with Crippen molar-refractivity contribution in [1.82, 2.24) is 19.1 Å². The van der Waals surface area contributed by atoms with E-state index in [1.807, 2.05) is 48.5 Å². The van der Waals surface area contributed by atoms with Crippen molar-refractivity contribution in [3.05, 3.63) is 57.8 Å². The Labute approximate surface area is 288 Å². The molecule has 0 saturated carbocycles.